The van der Waals surface area contributed by atoms with E-state index in [9.17, 15) is 0 Å². The molecule has 0 N–H and O–H groups in total. The second-order valence-electron chi connectivity index (χ2n) is 8.86. The van der Waals surface area contributed by atoms with Crippen molar-refractivity contribution in [1.29, 1.82) is 0 Å². The van der Waals surface area contributed by atoms with Crippen molar-refractivity contribution in [3.8, 4) is 0 Å². The van der Waals surface area contributed by atoms with E-state index in [1.807, 2.05) is 0 Å². The molecular formula is C26H35N3. The Morgan fingerprint density at radius 1 is 0.897 bits per heavy atom. The van der Waals surface area contributed by atoms with E-state index in [4.69, 9.17) is 4.98 Å². The fraction of sp³-hybridized carbons (Fsp3) is 0.500. The Morgan fingerprint density at radius 3 is 2.34 bits per heavy atom. The van der Waals surface area contributed by atoms with Crippen molar-refractivity contribution < 1.29 is 0 Å². The van der Waals surface area contributed by atoms with Gasteiger partial charge in [-0.2, -0.15) is 0 Å². The van der Waals surface area contributed by atoms with E-state index in [0.717, 1.165) is 18.5 Å². The highest BCUT2D eigenvalue weighted by Gasteiger charge is 2.13. The smallest absolute Gasteiger partial charge is 0.110 e. The standard InChI is InChI=1S/C26H35N3/c1-21(2)23-15-13-22(14-16-23)20-29-25-11-6-5-10-24(25)27-26(29)12-9-19-28-17-7-3-4-8-18-28/h5-6,10-11,13-16,21H,3-4,7-9,12,17-20H2,1-2H3. The predicted octanol–water partition coefficient (Wildman–Crippen LogP) is 6.02. The molecule has 0 bridgehead atoms. The van der Waals surface area contributed by atoms with Crippen LogP contribution in [0.1, 0.15) is 68.8 Å². The third kappa shape index (κ3) is 5.08. The number of nitrogens with zero attached hydrogens (tertiary/aromatic N) is 3. The van der Waals surface area contributed by atoms with Gasteiger partial charge in [-0.25, -0.2) is 4.98 Å². The summed E-state index contributed by atoms with van der Waals surface area (Å²) in [5.41, 5.74) is 5.13. The Labute approximate surface area is 175 Å². The molecule has 0 saturated carbocycles. The van der Waals surface area contributed by atoms with E-state index in [0.29, 0.717) is 5.92 Å². The van der Waals surface area contributed by atoms with Crippen LogP contribution in [-0.2, 0) is 13.0 Å². The van der Waals surface area contributed by atoms with Crippen LogP contribution in [0.25, 0.3) is 11.0 Å². The molecule has 29 heavy (non-hydrogen) atoms. The number of likely N-dealkylation sites (tertiary alicyclic amines) is 1. The molecule has 0 amide bonds. The van der Waals surface area contributed by atoms with Crippen LogP contribution in [0.5, 0.6) is 0 Å². The molecule has 1 saturated heterocycles. The van der Waals surface area contributed by atoms with Crippen LogP contribution in [0.3, 0.4) is 0 Å². The first-order valence-corrected chi connectivity index (χ1v) is 11.5. The summed E-state index contributed by atoms with van der Waals surface area (Å²) in [7, 11) is 0. The van der Waals surface area contributed by atoms with Gasteiger partial charge in [-0.05, 0) is 68.1 Å². The molecule has 0 unspecified atom stereocenters. The molecular weight excluding hydrogens is 354 g/mol. The summed E-state index contributed by atoms with van der Waals surface area (Å²) in [4.78, 5) is 7.66. The monoisotopic (exact) mass is 389 g/mol. The van der Waals surface area contributed by atoms with Gasteiger partial charge < -0.3 is 9.47 Å². The molecule has 2 heterocycles. The number of benzene rings is 2. The van der Waals surface area contributed by atoms with Crippen LogP contribution in [0.2, 0.25) is 0 Å². The van der Waals surface area contributed by atoms with Gasteiger partial charge in [0.1, 0.15) is 5.82 Å². The van der Waals surface area contributed by atoms with Crippen LogP contribution in [-0.4, -0.2) is 34.1 Å². The SMILES string of the molecule is CC(C)c1ccc(Cn2c(CCCN3CCCCCC3)nc3ccccc32)cc1. The van der Waals surface area contributed by atoms with Crippen molar-refractivity contribution in [1.82, 2.24) is 14.5 Å². The third-order valence-electron chi connectivity index (χ3n) is 6.29. The van der Waals surface area contributed by atoms with Gasteiger partial charge in [-0.1, -0.05) is 63.1 Å². The number of hydrogen-bond donors (Lipinski definition) is 0. The lowest BCUT2D eigenvalue weighted by Crippen LogP contribution is -2.26. The molecule has 154 valence electrons. The summed E-state index contributed by atoms with van der Waals surface area (Å²) in [6.45, 7) is 9.16. The highest BCUT2D eigenvalue weighted by molar-refractivity contribution is 5.76. The summed E-state index contributed by atoms with van der Waals surface area (Å²) in [5.74, 6) is 1.81. The van der Waals surface area contributed by atoms with Gasteiger partial charge in [0.2, 0.25) is 0 Å². The van der Waals surface area contributed by atoms with E-state index in [1.54, 1.807) is 0 Å². The van der Waals surface area contributed by atoms with Gasteiger partial charge >= 0.3 is 0 Å². The highest BCUT2D eigenvalue weighted by Crippen LogP contribution is 2.21. The first-order valence-electron chi connectivity index (χ1n) is 11.5. The van der Waals surface area contributed by atoms with E-state index >= 15 is 0 Å². The lowest BCUT2D eigenvalue weighted by molar-refractivity contribution is 0.280. The van der Waals surface area contributed by atoms with Crippen LogP contribution < -0.4 is 0 Å². The Kier molecular flexibility index (Phi) is 6.66. The fourth-order valence-electron chi connectivity index (χ4n) is 4.50. The van der Waals surface area contributed by atoms with Crippen LogP contribution in [0.4, 0.5) is 0 Å². The highest BCUT2D eigenvalue weighted by atomic mass is 15.1. The summed E-state index contributed by atoms with van der Waals surface area (Å²) in [5, 5.41) is 0. The summed E-state index contributed by atoms with van der Waals surface area (Å²) >= 11 is 0. The molecule has 1 aliphatic heterocycles. The topological polar surface area (TPSA) is 21.1 Å². The lowest BCUT2D eigenvalue weighted by Gasteiger charge is -2.19. The minimum Gasteiger partial charge on any atom is -0.323 e. The van der Waals surface area contributed by atoms with Crippen molar-refractivity contribution in [2.75, 3.05) is 19.6 Å². The number of aromatic nitrogens is 2. The molecule has 3 heteroatoms. The number of para-hydroxylation sites is 2. The zero-order chi connectivity index (χ0) is 20.1. The zero-order valence-electron chi connectivity index (χ0n) is 18.1. The van der Waals surface area contributed by atoms with Crippen molar-refractivity contribution in [2.45, 2.75) is 64.8 Å². The second kappa shape index (κ2) is 9.58. The Bertz CT molecular complexity index is 899. The van der Waals surface area contributed by atoms with Gasteiger partial charge in [-0.15, -0.1) is 0 Å². The maximum Gasteiger partial charge on any atom is 0.110 e. The molecule has 3 nitrogen and oxygen atoms in total. The number of fused-ring (bicyclic) bond motifs is 1. The Morgan fingerprint density at radius 2 is 1.62 bits per heavy atom. The molecule has 0 atom stereocenters. The van der Waals surface area contributed by atoms with Gasteiger partial charge in [0.05, 0.1) is 11.0 Å². The first-order chi connectivity index (χ1) is 14.2. The summed E-state index contributed by atoms with van der Waals surface area (Å²) in [6.07, 6.45) is 7.78. The van der Waals surface area contributed by atoms with E-state index < -0.39 is 0 Å². The Hall–Kier alpha value is -2.13. The Balaban J connectivity index is 1.49. The molecule has 1 aliphatic rings. The minimum atomic E-state index is 0.577. The van der Waals surface area contributed by atoms with Crippen LogP contribution in [0, 0.1) is 0 Å². The third-order valence-corrected chi connectivity index (χ3v) is 6.29. The number of aryl methyl sites for hydroxylation is 1. The average molecular weight is 390 g/mol. The minimum absolute atomic E-state index is 0.577. The van der Waals surface area contributed by atoms with Crippen molar-refractivity contribution in [3.05, 3.63) is 65.5 Å². The zero-order valence-corrected chi connectivity index (χ0v) is 18.1. The second-order valence-corrected chi connectivity index (χ2v) is 8.86. The van der Waals surface area contributed by atoms with Gasteiger partial charge in [0, 0.05) is 13.0 Å². The van der Waals surface area contributed by atoms with E-state index in [-0.39, 0.29) is 0 Å². The molecule has 0 radical (unpaired) electrons. The molecule has 2 aromatic carbocycles. The molecule has 1 aromatic heterocycles. The maximum atomic E-state index is 5.00. The van der Waals surface area contributed by atoms with Crippen LogP contribution >= 0.6 is 0 Å². The quantitative estimate of drug-likeness (QED) is 0.493. The lowest BCUT2D eigenvalue weighted by atomic mass is 10.0. The maximum absolute atomic E-state index is 5.00. The van der Waals surface area contributed by atoms with Gasteiger partial charge in [0.15, 0.2) is 0 Å². The van der Waals surface area contributed by atoms with Gasteiger partial charge in [-0.3, -0.25) is 0 Å². The number of hydrogen-bond acceptors (Lipinski definition) is 2. The number of rotatable bonds is 7. The molecule has 0 aliphatic carbocycles. The predicted molar refractivity (Wildman–Crippen MR) is 123 cm³/mol. The summed E-state index contributed by atoms with van der Waals surface area (Å²) < 4.78 is 2.43. The number of imidazole rings is 1. The van der Waals surface area contributed by atoms with E-state index in [2.05, 4.69) is 71.8 Å². The largest absolute Gasteiger partial charge is 0.323 e. The van der Waals surface area contributed by atoms with Crippen molar-refractivity contribution >= 4 is 11.0 Å². The molecule has 1 fully saturated rings. The van der Waals surface area contributed by atoms with E-state index in [1.165, 1.54) is 74.2 Å². The molecule has 0 spiro atoms. The molecule has 3 aromatic rings. The fourth-order valence-corrected chi connectivity index (χ4v) is 4.50. The van der Waals surface area contributed by atoms with Gasteiger partial charge in [0.25, 0.3) is 0 Å². The van der Waals surface area contributed by atoms with Crippen LogP contribution in [0.15, 0.2) is 48.5 Å². The summed E-state index contributed by atoms with van der Waals surface area (Å²) in [6, 6.07) is 17.7. The first kappa shape index (κ1) is 20.2. The molecule has 4 rings (SSSR count). The van der Waals surface area contributed by atoms with Crippen molar-refractivity contribution in [3.63, 3.8) is 0 Å². The average Bonchev–Trinajstić information content (AvgIpc) is 2.89. The normalized spacial score (nSPS) is 15.8. The van der Waals surface area contributed by atoms with Crippen molar-refractivity contribution in [2.24, 2.45) is 0 Å².